The normalized spacial score (nSPS) is 16.9. The molecule has 2 fully saturated rings. The van der Waals surface area contributed by atoms with Crippen LogP contribution in [0.4, 0.5) is 11.6 Å². The van der Waals surface area contributed by atoms with Crippen LogP contribution in [0.2, 0.25) is 0 Å². The highest BCUT2D eigenvalue weighted by atomic mass is 32.2. The number of anilines is 2. The molecule has 0 saturated carbocycles. The number of hydrogen-bond acceptors (Lipinski definition) is 10. The summed E-state index contributed by atoms with van der Waals surface area (Å²) >= 11 is 0. The number of piperidine rings is 1. The van der Waals surface area contributed by atoms with Gasteiger partial charge in [0, 0.05) is 30.9 Å². The molecule has 12 heteroatoms. The lowest BCUT2D eigenvalue weighted by molar-refractivity contribution is -0.158. The van der Waals surface area contributed by atoms with Crippen LogP contribution in [-0.4, -0.2) is 61.7 Å². The van der Waals surface area contributed by atoms with Crippen LogP contribution < -0.4 is 20.1 Å². The Balaban J connectivity index is 1.47. The number of nitrogen functional groups attached to an aromatic ring is 1. The summed E-state index contributed by atoms with van der Waals surface area (Å²) in [5.74, 6) is 0.0924. The van der Waals surface area contributed by atoms with E-state index in [4.69, 9.17) is 20.2 Å². The van der Waals surface area contributed by atoms with E-state index in [9.17, 15) is 13.2 Å². The van der Waals surface area contributed by atoms with Gasteiger partial charge in [0.2, 0.25) is 5.88 Å². The summed E-state index contributed by atoms with van der Waals surface area (Å²) in [6.07, 6.45) is 4.25. The molecule has 1 amide bonds. The van der Waals surface area contributed by atoms with Gasteiger partial charge < -0.3 is 20.1 Å². The summed E-state index contributed by atoms with van der Waals surface area (Å²) in [7, 11) is -2.71. The van der Waals surface area contributed by atoms with Crippen molar-refractivity contribution in [1.82, 2.24) is 19.7 Å². The van der Waals surface area contributed by atoms with Gasteiger partial charge in [-0.05, 0) is 49.6 Å². The van der Waals surface area contributed by atoms with Gasteiger partial charge in [0.25, 0.3) is 15.9 Å². The molecule has 36 heavy (non-hydrogen) atoms. The van der Waals surface area contributed by atoms with Crippen LogP contribution in [0.3, 0.4) is 0 Å². The van der Waals surface area contributed by atoms with E-state index >= 15 is 0 Å². The maximum absolute atomic E-state index is 13.2. The average molecular weight is 511 g/mol. The molecule has 188 valence electrons. The number of pyridine rings is 3. The standard InChI is InChI=1S/C24H26N6O5S/c1-34-20-8-5-16(15-26-20)18-7-6-17(22(27-18)30-12-9-24(10-13-30)11-14-35-24)23(31)29-36(32,33)21-4-2-3-19(25)28-21/h2-8,15H,9-14H2,1H3,(H2,25,28)(H,29,31). The predicted molar refractivity (Wildman–Crippen MR) is 132 cm³/mol. The van der Waals surface area contributed by atoms with Gasteiger partial charge in [0.05, 0.1) is 30.6 Å². The molecule has 3 aromatic heterocycles. The van der Waals surface area contributed by atoms with Crippen molar-refractivity contribution in [2.24, 2.45) is 0 Å². The van der Waals surface area contributed by atoms with Crippen molar-refractivity contribution in [3.8, 4) is 17.1 Å². The number of aromatic nitrogens is 3. The molecule has 11 nitrogen and oxygen atoms in total. The summed E-state index contributed by atoms with van der Waals surface area (Å²) < 4.78 is 38.7. The number of rotatable bonds is 6. The number of carbonyl (C=O) groups is 1. The Morgan fingerprint density at radius 3 is 2.50 bits per heavy atom. The monoisotopic (exact) mass is 510 g/mol. The summed E-state index contributed by atoms with van der Waals surface area (Å²) in [5, 5.41) is -0.340. The highest BCUT2D eigenvalue weighted by molar-refractivity contribution is 7.90. The van der Waals surface area contributed by atoms with Crippen LogP contribution >= 0.6 is 0 Å². The van der Waals surface area contributed by atoms with Gasteiger partial charge in [-0.1, -0.05) is 6.07 Å². The SMILES string of the molecule is COc1ccc(-c2ccc(C(=O)NS(=O)(=O)c3cccc(N)n3)c(N3CCC4(CCO4)CC3)n2)cn1. The van der Waals surface area contributed by atoms with Gasteiger partial charge in [-0.3, -0.25) is 4.79 Å². The number of ether oxygens (including phenoxy) is 2. The Hall–Kier alpha value is -3.77. The quantitative estimate of drug-likeness (QED) is 0.504. The number of hydrogen-bond donors (Lipinski definition) is 2. The zero-order chi connectivity index (χ0) is 25.3. The number of methoxy groups -OCH3 is 1. The van der Waals surface area contributed by atoms with Crippen LogP contribution in [0.25, 0.3) is 11.3 Å². The summed E-state index contributed by atoms with van der Waals surface area (Å²) in [6, 6.07) is 11.0. The molecule has 1 spiro atoms. The van der Waals surface area contributed by atoms with Crippen LogP contribution in [-0.2, 0) is 14.8 Å². The molecule has 0 atom stereocenters. The van der Waals surface area contributed by atoms with Crippen LogP contribution in [0.5, 0.6) is 5.88 Å². The van der Waals surface area contributed by atoms with Crippen molar-refractivity contribution in [3.05, 3.63) is 54.2 Å². The Kier molecular flexibility index (Phi) is 6.22. The first-order valence-electron chi connectivity index (χ1n) is 11.5. The van der Waals surface area contributed by atoms with E-state index in [2.05, 4.69) is 14.7 Å². The smallest absolute Gasteiger partial charge is 0.281 e. The topological polar surface area (TPSA) is 150 Å². The van der Waals surface area contributed by atoms with E-state index in [1.54, 1.807) is 24.4 Å². The molecular formula is C24H26N6O5S. The number of sulfonamides is 1. The largest absolute Gasteiger partial charge is 0.481 e. The Bertz CT molecular complexity index is 1380. The lowest BCUT2D eigenvalue weighted by Crippen LogP contribution is -2.52. The van der Waals surface area contributed by atoms with Crippen molar-refractivity contribution in [3.63, 3.8) is 0 Å². The van der Waals surface area contributed by atoms with Gasteiger partial charge in [0.1, 0.15) is 11.6 Å². The number of nitrogens with one attached hydrogen (secondary N) is 1. The van der Waals surface area contributed by atoms with E-state index in [0.29, 0.717) is 30.5 Å². The minimum absolute atomic E-state index is 0.0330. The van der Waals surface area contributed by atoms with Crippen molar-refractivity contribution < 1.29 is 22.7 Å². The summed E-state index contributed by atoms with van der Waals surface area (Å²) in [4.78, 5) is 28.1. The van der Waals surface area contributed by atoms with Crippen molar-refractivity contribution in [1.29, 1.82) is 0 Å². The second-order valence-electron chi connectivity index (χ2n) is 8.76. The second kappa shape index (κ2) is 9.36. The highest BCUT2D eigenvalue weighted by Gasteiger charge is 2.42. The minimum Gasteiger partial charge on any atom is -0.481 e. The van der Waals surface area contributed by atoms with Gasteiger partial charge in [-0.25, -0.2) is 19.7 Å². The Labute approximate surface area is 208 Å². The van der Waals surface area contributed by atoms with Crippen LogP contribution in [0, 0.1) is 0 Å². The van der Waals surface area contributed by atoms with E-state index in [0.717, 1.165) is 31.4 Å². The zero-order valence-electron chi connectivity index (χ0n) is 19.7. The minimum atomic E-state index is -4.24. The van der Waals surface area contributed by atoms with E-state index in [1.807, 2.05) is 11.0 Å². The third-order valence-electron chi connectivity index (χ3n) is 6.55. The van der Waals surface area contributed by atoms with E-state index < -0.39 is 15.9 Å². The van der Waals surface area contributed by atoms with Crippen LogP contribution in [0.15, 0.2) is 53.7 Å². The molecule has 2 aliphatic rings. The molecule has 5 heterocycles. The molecule has 5 rings (SSSR count). The molecule has 3 aromatic rings. The molecule has 3 N–H and O–H groups in total. The first-order chi connectivity index (χ1) is 17.3. The van der Waals surface area contributed by atoms with Crippen molar-refractivity contribution >= 4 is 27.6 Å². The number of nitrogens with zero attached hydrogens (tertiary/aromatic N) is 4. The molecule has 0 aromatic carbocycles. The van der Waals surface area contributed by atoms with Crippen molar-refractivity contribution in [2.75, 3.05) is 37.4 Å². The third-order valence-corrected chi connectivity index (χ3v) is 7.78. The third kappa shape index (κ3) is 4.69. The Morgan fingerprint density at radius 2 is 1.89 bits per heavy atom. The number of carbonyl (C=O) groups excluding carboxylic acids is 1. The molecular weight excluding hydrogens is 484 g/mol. The molecule has 2 aliphatic heterocycles. The molecule has 0 aliphatic carbocycles. The Morgan fingerprint density at radius 1 is 1.11 bits per heavy atom. The maximum Gasteiger partial charge on any atom is 0.281 e. The molecule has 2 saturated heterocycles. The molecule has 0 radical (unpaired) electrons. The summed E-state index contributed by atoms with van der Waals surface area (Å²) in [5.41, 5.74) is 6.99. The van der Waals surface area contributed by atoms with E-state index in [-0.39, 0.29) is 22.0 Å². The fourth-order valence-corrected chi connectivity index (χ4v) is 5.34. The second-order valence-corrected chi connectivity index (χ2v) is 10.4. The lowest BCUT2D eigenvalue weighted by atomic mass is 9.84. The predicted octanol–water partition coefficient (Wildman–Crippen LogP) is 2.01. The van der Waals surface area contributed by atoms with Crippen LogP contribution in [0.1, 0.15) is 29.6 Å². The van der Waals surface area contributed by atoms with Gasteiger partial charge in [-0.2, -0.15) is 8.42 Å². The lowest BCUT2D eigenvalue weighted by Gasteiger charge is -2.48. The summed E-state index contributed by atoms with van der Waals surface area (Å²) in [6.45, 7) is 2.02. The highest BCUT2D eigenvalue weighted by Crippen LogP contribution is 2.38. The fraction of sp³-hybridized carbons (Fsp3) is 0.333. The number of amides is 1. The van der Waals surface area contributed by atoms with Crippen molar-refractivity contribution in [2.45, 2.75) is 29.9 Å². The van der Waals surface area contributed by atoms with E-state index in [1.165, 1.54) is 25.3 Å². The molecule has 0 bridgehead atoms. The van der Waals surface area contributed by atoms with Gasteiger partial charge in [-0.15, -0.1) is 0 Å². The maximum atomic E-state index is 13.2. The average Bonchev–Trinajstić information content (AvgIpc) is 2.87. The number of nitrogens with two attached hydrogens (primary N) is 1. The van der Waals surface area contributed by atoms with Gasteiger partial charge in [0.15, 0.2) is 5.03 Å². The molecule has 0 unspecified atom stereocenters. The zero-order valence-corrected chi connectivity index (χ0v) is 20.5. The fourth-order valence-electron chi connectivity index (χ4n) is 4.40. The van der Waals surface area contributed by atoms with Gasteiger partial charge >= 0.3 is 0 Å². The first kappa shape index (κ1) is 23.9. The first-order valence-corrected chi connectivity index (χ1v) is 13.0.